The van der Waals surface area contributed by atoms with Gasteiger partial charge in [0.05, 0.1) is 0 Å². The summed E-state index contributed by atoms with van der Waals surface area (Å²) in [6.07, 6.45) is 5.90. The molecule has 1 aliphatic carbocycles. The molecular weight excluding hydrogens is 98.1 g/mol. The Labute approximate surface area is 51.3 Å². The Kier molecular flexibility index (Phi) is 1.57. The van der Waals surface area contributed by atoms with E-state index in [-0.39, 0.29) is 5.54 Å². The molecule has 0 spiro atoms. The van der Waals surface area contributed by atoms with Gasteiger partial charge in [-0.25, -0.2) is 0 Å². The summed E-state index contributed by atoms with van der Waals surface area (Å²) in [4.78, 5) is 0. The summed E-state index contributed by atoms with van der Waals surface area (Å²) in [5.74, 6) is 0. The first-order valence-corrected chi connectivity index (χ1v) is 3.52. The summed E-state index contributed by atoms with van der Waals surface area (Å²) >= 11 is 0. The van der Waals surface area contributed by atoms with Crippen LogP contribution in [0.25, 0.3) is 0 Å². The van der Waals surface area contributed by atoms with Crippen molar-refractivity contribution >= 4 is 0 Å². The second kappa shape index (κ2) is 2.06. The van der Waals surface area contributed by atoms with Gasteiger partial charge in [-0.05, 0) is 25.7 Å². The standard InChI is InChI=1S/C7H14N/c1-2-4-7(8)5-3-6-7/h8H,2-6H2,1H3. The van der Waals surface area contributed by atoms with Gasteiger partial charge in [0.25, 0.3) is 0 Å². The molecule has 1 N–H and O–H groups in total. The van der Waals surface area contributed by atoms with Gasteiger partial charge in [-0.15, -0.1) is 0 Å². The Morgan fingerprint density at radius 2 is 2.12 bits per heavy atom. The minimum absolute atomic E-state index is 0.0226. The lowest BCUT2D eigenvalue weighted by Gasteiger charge is -2.36. The van der Waals surface area contributed by atoms with Gasteiger partial charge >= 0.3 is 0 Å². The molecule has 1 heteroatoms. The first-order valence-electron chi connectivity index (χ1n) is 3.52. The van der Waals surface area contributed by atoms with Crippen molar-refractivity contribution in [3.63, 3.8) is 0 Å². The molecule has 0 amide bonds. The van der Waals surface area contributed by atoms with E-state index in [4.69, 9.17) is 5.73 Å². The monoisotopic (exact) mass is 112 g/mol. The van der Waals surface area contributed by atoms with Crippen molar-refractivity contribution in [1.29, 1.82) is 0 Å². The quantitative estimate of drug-likeness (QED) is 0.521. The minimum atomic E-state index is 0.0226. The predicted molar refractivity (Wildman–Crippen MR) is 34.6 cm³/mol. The molecule has 8 heavy (non-hydrogen) atoms. The average Bonchev–Trinajstić information content (AvgIpc) is 1.64. The van der Waals surface area contributed by atoms with E-state index in [1.807, 2.05) is 0 Å². The largest absolute Gasteiger partial charge is 0.251 e. The molecule has 1 nitrogen and oxygen atoms in total. The van der Waals surface area contributed by atoms with E-state index < -0.39 is 0 Å². The first kappa shape index (κ1) is 6.09. The van der Waals surface area contributed by atoms with E-state index in [1.54, 1.807) is 0 Å². The van der Waals surface area contributed by atoms with Crippen LogP contribution in [0.15, 0.2) is 0 Å². The molecule has 0 heterocycles. The van der Waals surface area contributed by atoms with Gasteiger partial charge in [-0.2, -0.15) is 0 Å². The van der Waals surface area contributed by atoms with Crippen LogP contribution in [0, 0.1) is 0 Å². The zero-order valence-corrected chi connectivity index (χ0v) is 5.54. The summed E-state index contributed by atoms with van der Waals surface area (Å²) in [7, 11) is 0. The summed E-state index contributed by atoms with van der Waals surface area (Å²) in [6.45, 7) is 2.16. The SMILES string of the molecule is CCCC1([NH])CCC1. The van der Waals surface area contributed by atoms with Crippen LogP contribution in [-0.4, -0.2) is 5.54 Å². The molecule has 1 radical (unpaired) electrons. The third-order valence-corrected chi connectivity index (χ3v) is 2.04. The van der Waals surface area contributed by atoms with E-state index in [0.29, 0.717) is 0 Å². The average molecular weight is 112 g/mol. The number of rotatable bonds is 2. The second-order valence-electron chi connectivity index (χ2n) is 2.88. The fourth-order valence-electron chi connectivity index (χ4n) is 1.33. The molecule has 0 aromatic rings. The van der Waals surface area contributed by atoms with E-state index in [0.717, 1.165) is 19.3 Å². The zero-order valence-electron chi connectivity index (χ0n) is 5.54. The fraction of sp³-hybridized carbons (Fsp3) is 1.00. The van der Waals surface area contributed by atoms with Gasteiger partial charge in [-0.3, -0.25) is 5.73 Å². The second-order valence-corrected chi connectivity index (χ2v) is 2.88. The molecule has 0 aromatic carbocycles. The maximum Gasteiger partial charge on any atom is 0.0323 e. The Hall–Kier alpha value is -0.0400. The Balaban J connectivity index is 2.20. The van der Waals surface area contributed by atoms with Crippen LogP contribution in [0.4, 0.5) is 0 Å². The summed E-state index contributed by atoms with van der Waals surface area (Å²) in [6, 6.07) is 0. The molecule has 0 bridgehead atoms. The summed E-state index contributed by atoms with van der Waals surface area (Å²) in [5, 5.41) is 0. The Morgan fingerprint density at radius 1 is 1.50 bits per heavy atom. The molecule has 1 saturated carbocycles. The van der Waals surface area contributed by atoms with E-state index >= 15 is 0 Å². The summed E-state index contributed by atoms with van der Waals surface area (Å²) in [5.41, 5.74) is 7.68. The highest BCUT2D eigenvalue weighted by molar-refractivity contribution is 4.90. The maximum atomic E-state index is 7.66. The lowest BCUT2D eigenvalue weighted by Crippen LogP contribution is -2.38. The maximum absolute atomic E-state index is 7.66. The number of hydrogen-bond acceptors (Lipinski definition) is 0. The van der Waals surface area contributed by atoms with Gasteiger partial charge in [-0.1, -0.05) is 13.3 Å². The summed E-state index contributed by atoms with van der Waals surface area (Å²) < 4.78 is 0. The number of hydrogen-bond donors (Lipinski definition) is 0. The van der Waals surface area contributed by atoms with Crippen molar-refractivity contribution < 1.29 is 0 Å². The van der Waals surface area contributed by atoms with Crippen LogP contribution < -0.4 is 5.73 Å². The lowest BCUT2D eigenvalue weighted by atomic mass is 9.75. The third-order valence-electron chi connectivity index (χ3n) is 2.04. The Morgan fingerprint density at radius 3 is 2.25 bits per heavy atom. The highest BCUT2D eigenvalue weighted by Gasteiger charge is 2.31. The van der Waals surface area contributed by atoms with Crippen LogP contribution in [0.5, 0.6) is 0 Å². The van der Waals surface area contributed by atoms with Gasteiger partial charge in [0, 0.05) is 5.54 Å². The predicted octanol–water partition coefficient (Wildman–Crippen LogP) is 1.99. The van der Waals surface area contributed by atoms with Crippen LogP contribution in [0.2, 0.25) is 0 Å². The van der Waals surface area contributed by atoms with Gasteiger partial charge in [0.2, 0.25) is 0 Å². The molecule has 1 fully saturated rings. The van der Waals surface area contributed by atoms with Crippen LogP contribution in [0.3, 0.4) is 0 Å². The van der Waals surface area contributed by atoms with Crippen LogP contribution in [-0.2, 0) is 0 Å². The highest BCUT2D eigenvalue weighted by atomic mass is 14.8. The molecule has 0 aromatic heterocycles. The lowest BCUT2D eigenvalue weighted by molar-refractivity contribution is 0.219. The molecule has 0 atom stereocenters. The van der Waals surface area contributed by atoms with Gasteiger partial charge < -0.3 is 0 Å². The molecule has 47 valence electrons. The Bertz CT molecular complexity index is 74.5. The topological polar surface area (TPSA) is 23.8 Å². The first-order chi connectivity index (χ1) is 3.77. The van der Waals surface area contributed by atoms with Gasteiger partial charge in [0.1, 0.15) is 0 Å². The zero-order chi connectivity index (χ0) is 6.04. The smallest absolute Gasteiger partial charge is 0.0323 e. The van der Waals surface area contributed by atoms with Crippen molar-refractivity contribution in [1.82, 2.24) is 5.73 Å². The molecule has 0 aliphatic heterocycles. The van der Waals surface area contributed by atoms with E-state index in [9.17, 15) is 0 Å². The van der Waals surface area contributed by atoms with Crippen molar-refractivity contribution in [2.75, 3.05) is 0 Å². The normalized spacial score (nSPS) is 24.8. The highest BCUT2D eigenvalue weighted by Crippen LogP contribution is 2.34. The number of nitrogens with one attached hydrogen (secondary N) is 1. The minimum Gasteiger partial charge on any atom is -0.251 e. The van der Waals surface area contributed by atoms with Crippen LogP contribution in [0.1, 0.15) is 39.0 Å². The van der Waals surface area contributed by atoms with Crippen molar-refractivity contribution in [3.8, 4) is 0 Å². The third kappa shape index (κ3) is 1.03. The molecule has 0 unspecified atom stereocenters. The molecule has 1 rings (SSSR count). The van der Waals surface area contributed by atoms with E-state index in [1.165, 1.54) is 12.8 Å². The fourth-order valence-corrected chi connectivity index (χ4v) is 1.33. The molecule has 1 aliphatic rings. The molecule has 0 saturated heterocycles. The van der Waals surface area contributed by atoms with Crippen molar-refractivity contribution in [2.45, 2.75) is 44.6 Å². The van der Waals surface area contributed by atoms with Crippen LogP contribution >= 0.6 is 0 Å². The van der Waals surface area contributed by atoms with E-state index in [2.05, 4.69) is 6.92 Å². The van der Waals surface area contributed by atoms with Crippen molar-refractivity contribution in [3.05, 3.63) is 0 Å². The van der Waals surface area contributed by atoms with Gasteiger partial charge in [0.15, 0.2) is 0 Å². The van der Waals surface area contributed by atoms with Crippen molar-refractivity contribution in [2.24, 2.45) is 0 Å². The molecular formula is C7H14N.